The van der Waals surface area contributed by atoms with Gasteiger partial charge in [-0.3, -0.25) is 14.9 Å². The van der Waals surface area contributed by atoms with Crippen molar-refractivity contribution in [3.05, 3.63) is 64.0 Å². The molecule has 0 unspecified atom stereocenters. The zero-order valence-corrected chi connectivity index (χ0v) is 18.2. The van der Waals surface area contributed by atoms with Crippen LogP contribution in [0, 0.1) is 0 Å². The number of nitrogens with one attached hydrogen (secondary N) is 2. The van der Waals surface area contributed by atoms with Gasteiger partial charge in [0.15, 0.2) is 5.11 Å². The van der Waals surface area contributed by atoms with Gasteiger partial charge < -0.3 is 15.0 Å². The summed E-state index contributed by atoms with van der Waals surface area (Å²) in [7, 11) is 0. The number of thiocarbonyl (C=S) groups is 1. The van der Waals surface area contributed by atoms with E-state index in [4.69, 9.17) is 28.6 Å². The number of benzene rings is 2. The molecule has 2 N–H and O–H groups in total. The summed E-state index contributed by atoms with van der Waals surface area (Å²) in [5, 5.41) is 7.02. The zero-order valence-electron chi connectivity index (χ0n) is 15.8. The minimum absolute atomic E-state index is 0.0277. The summed E-state index contributed by atoms with van der Waals surface area (Å²) in [5.41, 5.74) is 1.26. The van der Waals surface area contributed by atoms with Crippen molar-refractivity contribution >= 4 is 67.9 Å². The van der Waals surface area contributed by atoms with Crippen LogP contribution in [0.1, 0.15) is 20.0 Å². The third-order valence-corrected chi connectivity index (χ3v) is 6.53. The van der Waals surface area contributed by atoms with Crippen LogP contribution in [-0.2, 0) is 4.74 Å². The Morgan fingerprint density at radius 1 is 1.07 bits per heavy atom. The Kier molecular flexibility index (Phi) is 6.29. The summed E-state index contributed by atoms with van der Waals surface area (Å²) < 4.78 is 6.21. The van der Waals surface area contributed by atoms with E-state index < -0.39 is 0 Å². The van der Waals surface area contributed by atoms with E-state index in [1.807, 2.05) is 24.3 Å². The lowest BCUT2D eigenvalue weighted by molar-refractivity contribution is 0.0303. The number of carbonyl (C=O) groups excluding carboxylic acids is 2. The summed E-state index contributed by atoms with van der Waals surface area (Å²) >= 11 is 12.9. The van der Waals surface area contributed by atoms with Crippen molar-refractivity contribution < 1.29 is 14.3 Å². The van der Waals surface area contributed by atoms with Crippen LogP contribution >= 0.6 is 35.2 Å². The second-order valence-electron chi connectivity index (χ2n) is 6.63. The van der Waals surface area contributed by atoms with E-state index in [0.717, 1.165) is 10.1 Å². The third kappa shape index (κ3) is 4.46. The molecule has 2 heterocycles. The molecule has 154 valence electrons. The molecule has 6 nitrogen and oxygen atoms in total. The van der Waals surface area contributed by atoms with Crippen molar-refractivity contribution in [2.45, 2.75) is 0 Å². The fourth-order valence-electron chi connectivity index (χ4n) is 3.13. The molecule has 0 spiro atoms. The molecule has 2 aromatic carbocycles. The minimum Gasteiger partial charge on any atom is -0.378 e. The monoisotopic (exact) mass is 459 g/mol. The lowest BCUT2D eigenvalue weighted by Gasteiger charge is -2.26. The van der Waals surface area contributed by atoms with E-state index in [2.05, 4.69) is 10.6 Å². The number of anilines is 1. The molecule has 9 heteroatoms. The van der Waals surface area contributed by atoms with Gasteiger partial charge in [0.25, 0.3) is 11.8 Å². The molecular weight excluding hydrogens is 442 g/mol. The molecule has 30 heavy (non-hydrogen) atoms. The quantitative estimate of drug-likeness (QED) is 0.576. The highest BCUT2D eigenvalue weighted by molar-refractivity contribution is 7.80. The summed E-state index contributed by atoms with van der Waals surface area (Å²) in [5.74, 6) is -0.391. The summed E-state index contributed by atoms with van der Waals surface area (Å²) in [6, 6.07) is 14.5. The number of hydrogen-bond acceptors (Lipinski definition) is 5. The third-order valence-electron chi connectivity index (χ3n) is 4.66. The van der Waals surface area contributed by atoms with Gasteiger partial charge in [0.2, 0.25) is 0 Å². The molecule has 1 saturated heterocycles. The SMILES string of the molecule is O=C(NC(=S)Nc1ccc(C(=O)N2CCOCC2)cc1)c1sc2ccccc2c1Cl. The highest BCUT2D eigenvalue weighted by Crippen LogP contribution is 2.34. The maximum Gasteiger partial charge on any atom is 0.269 e. The summed E-state index contributed by atoms with van der Waals surface area (Å²) in [6.45, 7) is 2.30. The summed E-state index contributed by atoms with van der Waals surface area (Å²) in [4.78, 5) is 27.3. The first-order valence-electron chi connectivity index (χ1n) is 9.29. The molecule has 0 saturated carbocycles. The molecule has 0 bridgehead atoms. The van der Waals surface area contributed by atoms with E-state index in [1.54, 1.807) is 29.2 Å². The van der Waals surface area contributed by atoms with Gasteiger partial charge in [-0.05, 0) is 42.5 Å². The number of hydrogen-bond donors (Lipinski definition) is 2. The molecular formula is C21H18ClN3O3S2. The topological polar surface area (TPSA) is 70.7 Å². The normalized spacial score (nSPS) is 13.8. The van der Waals surface area contributed by atoms with Gasteiger partial charge in [-0.2, -0.15) is 0 Å². The molecule has 1 fully saturated rings. The van der Waals surface area contributed by atoms with Gasteiger partial charge >= 0.3 is 0 Å². The number of ether oxygens (including phenoxy) is 1. The van der Waals surface area contributed by atoms with Crippen molar-refractivity contribution in [3.8, 4) is 0 Å². The van der Waals surface area contributed by atoms with Crippen LogP contribution in [0.5, 0.6) is 0 Å². The molecule has 0 aliphatic carbocycles. The van der Waals surface area contributed by atoms with Gasteiger partial charge in [-0.1, -0.05) is 29.8 Å². The lowest BCUT2D eigenvalue weighted by Crippen LogP contribution is -2.40. The predicted molar refractivity (Wildman–Crippen MR) is 124 cm³/mol. The predicted octanol–water partition coefficient (Wildman–Crippen LogP) is 4.15. The van der Waals surface area contributed by atoms with Crippen LogP contribution < -0.4 is 10.6 Å². The Morgan fingerprint density at radius 3 is 2.47 bits per heavy atom. The van der Waals surface area contributed by atoms with Gasteiger partial charge in [-0.15, -0.1) is 11.3 Å². The number of rotatable bonds is 3. The Morgan fingerprint density at radius 2 is 1.77 bits per heavy atom. The molecule has 1 aromatic heterocycles. The van der Waals surface area contributed by atoms with Gasteiger partial charge in [-0.25, -0.2) is 0 Å². The van der Waals surface area contributed by atoms with Crippen molar-refractivity contribution in [3.63, 3.8) is 0 Å². The van der Waals surface area contributed by atoms with Crippen LogP contribution in [0.15, 0.2) is 48.5 Å². The number of halogens is 1. The Balaban J connectivity index is 1.38. The lowest BCUT2D eigenvalue weighted by atomic mass is 10.1. The van der Waals surface area contributed by atoms with Gasteiger partial charge in [0.05, 0.1) is 18.2 Å². The molecule has 2 amide bonds. The number of carbonyl (C=O) groups is 2. The highest BCUT2D eigenvalue weighted by Gasteiger charge is 2.19. The van der Waals surface area contributed by atoms with Crippen LogP contribution in [-0.4, -0.2) is 48.1 Å². The molecule has 1 aliphatic heterocycles. The minimum atomic E-state index is -0.363. The van der Waals surface area contributed by atoms with E-state index >= 15 is 0 Å². The number of morpholine rings is 1. The summed E-state index contributed by atoms with van der Waals surface area (Å²) in [6.07, 6.45) is 0. The second-order valence-corrected chi connectivity index (χ2v) is 8.47. The van der Waals surface area contributed by atoms with E-state index in [1.165, 1.54) is 11.3 Å². The standard InChI is InChI=1S/C21H18ClN3O3S2/c22-17-15-3-1-2-4-16(15)30-18(17)19(26)24-21(29)23-14-7-5-13(6-8-14)20(27)25-9-11-28-12-10-25/h1-8H,9-12H2,(H2,23,24,26,29). The first kappa shape index (κ1) is 20.7. The molecule has 1 aliphatic rings. The smallest absolute Gasteiger partial charge is 0.269 e. The van der Waals surface area contributed by atoms with Crippen LogP contribution in [0.4, 0.5) is 5.69 Å². The van der Waals surface area contributed by atoms with Crippen LogP contribution in [0.2, 0.25) is 5.02 Å². The second kappa shape index (κ2) is 9.09. The van der Waals surface area contributed by atoms with Crippen molar-refractivity contribution in [2.75, 3.05) is 31.6 Å². The average Bonchev–Trinajstić information content (AvgIpc) is 3.11. The zero-order chi connectivity index (χ0) is 21.1. The maximum absolute atomic E-state index is 12.6. The van der Waals surface area contributed by atoms with Crippen molar-refractivity contribution in [1.82, 2.24) is 10.2 Å². The number of amides is 2. The molecule has 0 atom stereocenters. The van der Waals surface area contributed by atoms with E-state index in [-0.39, 0.29) is 16.9 Å². The van der Waals surface area contributed by atoms with Crippen LogP contribution in [0.25, 0.3) is 10.1 Å². The van der Waals surface area contributed by atoms with Crippen molar-refractivity contribution in [1.29, 1.82) is 0 Å². The number of thiophene rings is 1. The first-order valence-corrected chi connectivity index (χ1v) is 10.9. The molecule has 3 aromatic rings. The highest BCUT2D eigenvalue weighted by atomic mass is 35.5. The molecule has 4 rings (SSSR count). The molecule has 0 radical (unpaired) electrons. The van der Waals surface area contributed by atoms with Gasteiger partial charge in [0, 0.05) is 34.4 Å². The van der Waals surface area contributed by atoms with Gasteiger partial charge in [0.1, 0.15) is 4.88 Å². The Labute approximate surface area is 187 Å². The average molecular weight is 460 g/mol. The van der Waals surface area contributed by atoms with E-state index in [9.17, 15) is 9.59 Å². The number of fused-ring (bicyclic) bond motifs is 1. The fraction of sp³-hybridized carbons (Fsp3) is 0.190. The first-order chi connectivity index (χ1) is 14.5. The largest absolute Gasteiger partial charge is 0.378 e. The van der Waals surface area contributed by atoms with Crippen LogP contribution in [0.3, 0.4) is 0 Å². The van der Waals surface area contributed by atoms with Crippen molar-refractivity contribution in [2.24, 2.45) is 0 Å². The Hall–Kier alpha value is -2.52. The Bertz CT molecular complexity index is 1110. The van der Waals surface area contributed by atoms with E-state index in [0.29, 0.717) is 47.5 Å². The maximum atomic E-state index is 12.6. The fourth-order valence-corrected chi connectivity index (χ4v) is 4.75. The number of nitrogens with zero attached hydrogens (tertiary/aromatic N) is 1.